The van der Waals surface area contributed by atoms with Crippen molar-refractivity contribution in [3.63, 3.8) is 0 Å². The SMILES string of the molecule is CCCC(C(=O)O)c1ccccc1.[Na]. The van der Waals surface area contributed by atoms with Crippen LogP contribution < -0.4 is 0 Å². The van der Waals surface area contributed by atoms with Gasteiger partial charge in [0, 0.05) is 29.6 Å². The molecule has 0 spiro atoms. The molecule has 2 nitrogen and oxygen atoms in total. The van der Waals surface area contributed by atoms with Crippen LogP contribution in [0.5, 0.6) is 0 Å². The van der Waals surface area contributed by atoms with E-state index >= 15 is 0 Å². The number of hydrogen-bond donors (Lipinski definition) is 1. The third-order valence-corrected chi connectivity index (χ3v) is 2.08. The molecule has 0 bridgehead atoms. The molecule has 0 aromatic heterocycles. The summed E-state index contributed by atoms with van der Waals surface area (Å²) in [5.41, 5.74) is 0.900. The third-order valence-electron chi connectivity index (χ3n) is 2.08. The summed E-state index contributed by atoms with van der Waals surface area (Å²) in [7, 11) is 0. The molecule has 0 aliphatic carbocycles. The minimum atomic E-state index is -0.729. The Kier molecular flexibility index (Phi) is 6.89. The fourth-order valence-corrected chi connectivity index (χ4v) is 1.41. The smallest absolute Gasteiger partial charge is 0.310 e. The molecule has 0 amide bonds. The molecular weight excluding hydrogens is 187 g/mol. The largest absolute Gasteiger partial charge is 0.481 e. The van der Waals surface area contributed by atoms with Crippen molar-refractivity contribution < 1.29 is 9.90 Å². The third kappa shape index (κ3) is 3.82. The Hall–Kier alpha value is -0.310. The van der Waals surface area contributed by atoms with Crippen LogP contribution >= 0.6 is 0 Å². The first-order chi connectivity index (χ1) is 6.25. The maximum atomic E-state index is 10.9. The van der Waals surface area contributed by atoms with E-state index in [-0.39, 0.29) is 35.5 Å². The molecule has 1 radical (unpaired) electrons. The average Bonchev–Trinajstić information content (AvgIpc) is 2.15. The number of hydrogen-bond acceptors (Lipinski definition) is 1. The molecule has 0 fully saturated rings. The normalized spacial score (nSPS) is 11.5. The molecule has 1 aromatic rings. The molecule has 1 N–H and O–H groups in total. The zero-order chi connectivity index (χ0) is 9.68. The van der Waals surface area contributed by atoms with Gasteiger partial charge in [-0.3, -0.25) is 4.79 Å². The predicted molar refractivity (Wildman–Crippen MR) is 57.5 cm³/mol. The van der Waals surface area contributed by atoms with Crippen molar-refractivity contribution in [1.29, 1.82) is 0 Å². The first kappa shape index (κ1) is 13.7. The second-order valence-electron chi connectivity index (χ2n) is 3.09. The van der Waals surface area contributed by atoms with Gasteiger partial charge in [-0.2, -0.15) is 0 Å². The van der Waals surface area contributed by atoms with Crippen LogP contribution in [0, 0.1) is 0 Å². The van der Waals surface area contributed by atoms with Gasteiger partial charge in [0.1, 0.15) is 0 Å². The second kappa shape index (κ2) is 7.04. The van der Waals surface area contributed by atoms with Crippen LogP contribution in [-0.2, 0) is 4.79 Å². The number of benzene rings is 1. The number of aliphatic carboxylic acids is 1. The van der Waals surface area contributed by atoms with Crippen LogP contribution in [0.3, 0.4) is 0 Å². The van der Waals surface area contributed by atoms with E-state index in [4.69, 9.17) is 5.11 Å². The fourth-order valence-electron chi connectivity index (χ4n) is 1.41. The molecule has 1 unspecified atom stereocenters. The van der Waals surface area contributed by atoms with Crippen molar-refractivity contribution in [3.8, 4) is 0 Å². The zero-order valence-electron chi connectivity index (χ0n) is 8.73. The summed E-state index contributed by atoms with van der Waals surface area (Å²) in [6, 6.07) is 9.39. The quantitative estimate of drug-likeness (QED) is 0.759. The van der Waals surface area contributed by atoms with Crippen molar-refractivity contribution in [2.45, 2.75) is 25.7 Å². The van der Waals surface area contributed by atoms with Gasteiger partial charge in [0.15, 0.2) is 0 Å². The summed E-state index contributed by atoms with van der Waals surface area (Å²) in [5, 5.41) is 8.96. The Labute approximate surface area is 107 Å². The molecular formula is C11H14NaO2. The van der Waals surface area contributed by atoms with E-state index in [1.54, 1.807) is 0 Å². The standard InChI is InChI=1S/C11H14O2.Na/c1-2-6-10(11(12)13)9-7-4-3-5-8-9;/h3-5,7-8,10H,2,6H2,1H3,(H,12,13);. The van der Waals surface area contributed by atoms with Crippen LogP contribution in [0.25, 0.3) is 0 Å². The molecule has 0 saturated carbocycles. The van der Waals surface area contributed by atoms with Gasteiger partial charge in [-0.1, -0.05) is 43.7 Å². The van der Waals surface area contributed by atoms with Crippen LogP contribution in [0.4, 0.5) is 0 Å². The van der Waals surface area contributed by atoms with Gasteiger partial charge >= 0.3 is 5.97 Å². The van der Waals surface area contributed by atoms with Crippen LogP contribution in [0.2, 0.25) is 0 Å². The molecule has 0 heterocycles. The summed E-state index contributed by atoms with van der Waals surface area (Å²) in [6.45, 7) is 2.00. The van der Waals surface area contributed by atoms with Crippen molar-refractivity contribution in [1.82, 2.24) is 0 Å². The van der Waals surface area contributed by atoms with Crippen LogP contribution in [-0.4, -0.2) is 40.6 Å². The van der Waals surface area contributed by atoms with Gasteiger partial charge in [0.05, 0.1) is 5.92 Å². The summed E-state index contributed by atoms with van der Waals surface area (Å²) in [6.07, 6.45) is 1.60. The Bertz CT molecular complexity index is 272. The van der Waals surface area contributed by atoms with E-state index in [0.717, 1.165) is 12.0 Å². The van der Waals surface area contributed by atoms with Crippen molar-refractivity contribution in [2.24, 2.45) is 0 Å². The van der Waals surface area contributed by atoms with Crippen LogP contribution in [0.1, 0.15) is 31.2 Å². The minimum absolute atomic E-state index is 0. The number of carboxylic acid groups (broad SMARTS) is 1. The van der Waals surface area contributed by atoms with E-state index in [2.05, 4.69) is 0 Å². The Balaban J connectivity index is 0.00000169. The molecule has 3 heteroatoms. The number of carboxylic acids is 1. The summed E-state index contributed by atoms with van der Waals surface area (Å²) in [5.74, 6) is -1.07. The summed E-state index contributed by atoms with van der Waals surface area (Å²) >= 11 is 0. The summed E-state index contributed by atoms with van der Waals surface area (Å²) in [4.78, 5) is 10.9. The first-order valence-corrected chi connectivity index (χ1v) is 4.53. The Morgan fingerprint density at radius 2 is 1.93 bits per heavy atom. The van der Waals surface area contributed by atoms with Crippen molar-refractivity contribution >= 4 is 35.5 Å². The van der Waals surface area contributed by atoms with E-state index < -0.39 is 5.97 Å². The van der Waals surface area contributed by atoms with Gasteiger partial charge in [-0.25, -0.2) is 0 Å². The van der Waals surface area contributed by atoms with Gasteiger partial charge in [0.2, 0.25) is 0 Å². The van der Waals surface area contributed by atoms with E-state index in [9.17, 15) is 4.79 Å². The molecule has 71 valence electrons. The Morgan fingerprint density at radius 3 is 2.36 bits per heavy atom. The van der Waals surface area contributed by atoms with E-state index in [1.165, 1.54) is 0 Å². The molecule has 1 aromatic carbocycles. The maximum Gasteiger partial charge on any atom is 0.310 e. The topological polar surface area (TPSA) is 37.3 Å². The zero-order valence-corrected chi connectivity index (χ0v) is 10.7. The second-order valence-corrected chi connectivity index (χ2v) is 3.09. The first-order valence-electron chi connectivity index (χ1n) is 4.53. The van der Waals surface area contributed by atoms with Gasteiger partial charge < -0.3 is 5.11 Å². The Morgan fingerprint density at radius 1 is 1.36 bits per heavy atom. The monoisotopic (exact) mass is 201 g/mol. The van der Waals surface area contributed by atoms with E-state index in [0.29, 0.717) is 6.42 Å². The van der Waals surface area contributed by atoms with E-state index in [1.807, 2.05) is 37.3 Å². The van der Waals surface area contributed by atoms with Gasteiger partial charge in [0.25, 0.3) is 0 Å². The molecule has 0 aliphatic rings. The van der Waals surface area contributed by atoms with Crippen LogP contribution in [0.15, 0.2) is 30.3 Å². The van der Waals surface area contributed by atoms with Crippen molar-refractivity contribution in [3.05, 3.63) is 35.9 Å². The minimum Gasteiger partial charge on any atom is -0.481 e. The number of carbonyl (C=O) groups is 1. The fraction of sp³-hybridized carbons (Fsp3) is 0.364. The van der Waals surface area contributed by atoms with Gasteiger partial charge in [-0.05, 0) is 12.0 Å². The molecule has 14 heavy (non-hydrogen) atoms. The predicted octanol–water partition coefficient (Wildman–Crippen LogP) is 2.27. The van der Waals surface area contributed by atoms with Gasteiger partial charge in [-0.15, -0.1) is 0 Å². The maximum absolute atomic E-state index is 10.9. The number of rotatable bonds is 4. The summed E-state index contributed by atoms with van der Waals surface area (Å²) < 4.78 is 0. The molecule has 0 saturated heterocycles. The molecule has 0 aliphatic heterocycles. The molecule has 1 atom stereocenters. The van der Waals surface area contributed by atoms with Crippen molar-refractivity contribution in [2.75, 3.05) is 0 Å². The average molecular weight is 201 g/mol. The molecule has 1 rings (SSSR count).